The van der Waals surface area contributed by atoms with Crippen LogP contribution in [-0.2, 0) is 6.18 Å². The number of hydrogen-bond acceptors (Lipinski definition) is 1. The Morgan fingerprint density at radius 1 is 1.12 bits per heavy atom. The van der Waals surface area contributed by atoms with Crippen molar-refractivity contribution in [2.45, 2.75) is 6.18 Å². The molecule has 0 spiro atoms. The molecule has 0 amide bonds. The van der Waals surface area contributed by atoms with Gasteiger partial charge in [-0.3, -0.25) is 5.10 Å². The van der Waals surface area contributed by atoms with Crippen LogP contribution in [0.15, 0.2) is 24.3 Å². The molecule has 1 aromatic heterocycles. The molecule has 2 aromatic rings. The van der Waals surface area contributed by atoms with E-state index < -0.39 is 11.9 Å². The van der Waals surface area contributed by atoms with Crippen LogP contribution >= 0.6 is 23.2 Å². The van der Waals surface area contributed by atoms with Crippen molar-refractivity contribution in [1.29, 1.82) is 0 Å². The lowest BCUT2D eigenvalue weighted by atomic mass is 10.1. The minimum atomic E-state index is -4.45. The second-order valence-electron chi connectivity index (χ2n) is 3.29. The molecule has 17 heavy (non-hydrogen) atoms. The van der Waals surface area contributed by atoms with Gasteiger partial charge in [-0.25, -0.2) is 0 Å². The van der Waals surface area contributed by atoms with Crippen LogP contribution in [0.4, 0.5) is 13.2 Å². The van der Waals surface area contributed by atoms with E-state index in [0.717, 1.165) is 6.07 Å². The Bertz CT molecular complexity index is 549. The normalized spacial score (nSPS) is 11.8. The summed E-state index contributed by atoms with van der Waals surface area (Å²) in [7, 11) is 0. The summed E-state index contributed by atoms with van der Waals surface area (Å²) < 4.78 is 37.1. The average molecular weight is 281 g/mol. The van der Waals surface area contributed by atoms with Gasteiger partial charge in [-0.15, -0.1) is 0 Å². The second kappa shape index (κ2) is 4.23. The summed E-state index contributed by atoms with van der Waals surface area (Å²) in [5.74, 6) is 0. The van der Waals surface area contributed by atoms with E-state index >= 15 is 0 Å². The molecule has 0 aliphatic carbocycles. The zero-order valence-corrected chi connectivity index (χ0v) is 9.66. The van der Waals surface area contributed by atoms with Crippen LogP contribution in [0.25, 0.3) is 11.3 Å². The third-order valence-electron chi connectivity index (χ3n) is 2.09. The summed E-state index contributed by atoms with van der Waals surface area (Å²) in [6.07, 6.45) is -4.45. The Morgan fingerprint density at radius 3 is 2.35 bits per heavy atom. The maximum absolute atomic E-state index is 12.4. The molecule has 2 rings (SSSR count). The summed E-state index contributed by atoms with van der Waals surface area (Å²) in [4.78, 5) is 0. The van der Waals surface area contributed by atoms with Gasteiger partial charge >= 0.3 is 6.18 Å². The largest absolute Gasteiger partial charge is 0.432 e. The molecular weight excluding hydrogens is 276 g/mol. The molecule has 1 aromatic carbocycles. The quantitative estimate of drug-likeness (QED) is 0.824. The number of halogens is 5. The summed E-state index contributed by atoms with van der Waals surface area (Å²) in [6.45, 7) is 0. The number of nitrogens with one attached hydrogen (secondary N) is 1. The van der Waals surface area contributed by atoms with E-state index in [4.69, 9.17) is 23.2 Å². The van der Waals surface area contributed by atoms with E-state index in [-0.39, 0.29) is 10.7 Å². The van der Waals surface area contributed by atoms with Crippen molar-refractivity contribution in [3.63, 3.8) is 0 Å². The van der Waals surface area contributed by atoms with Gasteiger partial charge in [-0.05, 0) is 24.3 Å². The summed E-state index contributed by atoms with van der Waals surface area (Å²) in [6, 6.07) is 5.39. The minimum absolute atomic E-state index is 0.124. The second-order valence-corrected chi connectivity index (χ2v) is 4.13. The van der Waals surface area contributed by atoms with Crippen molar-refractivity contribution in [3.05, 3.63) is 40.0 Å². The van der Waals surface area contributed by atoms with Gasteiger partial charge in [0.25, 0.3) is 0 Å². The number of aromatic amines is 1. The molecule has 0 radical (unpaired) electrons. The van der Waals surface area contributed by atoms with E-state index in [1.54, 1.807) is 0 Å². The molecule has 0 atom stereocenters. The first-order valence-electron chi connectivity index (χ1n) is 4.46. The third-order valence-corrected chi connectivity index (χ3v) is 2.64. The Kier molecular flexibility index (Phi) is 3.05. The van der Waals surface area contributed by atoms with Crippen LogP contribution in [-0.4, -0.2) is 10.2 Å². The van der Waals surface area contributed by atoms with Crippen molar-refractivity contribution >= 4 is 23.2 Å². The van der Waals surface area contributed by atoms with Crippen molar-refractivity contribution < 1.29 is 13.2 Å². The minimum Gasteiger partial charge on any atom is -0.273 e. The highest BCUT2D eigenvalue weighted by Crippen LogP contribution is 2.33. The zero-order chi connectivity index (χ0) is 12.6. The maximum atomic E-state index is 12.4. The predicted octanol–water partition coefficient (Wildman–Crippen LogP) is 4.40. The fraction of sp³-hybridized carbons (Fsp3) is 0.100. The Balaban J connectivity index is 2.44. The molecule has 0 aliphatic heterocycles. The first-order valence-corrected chi connectivity index (χ1v) is 5.21. The standard InChI is InChI=1S/C10H5Cl2F3N2/c11-5-1-2-6(7(12)3-5)8-4-9(17-16-8)10(13,14)15/h1-4H,(H,16,17). The van der Waals surface area contributed by atoms with E-state index in [0.29, 0.717) is 10.6 Å². The van der Waals surface area contributed by atoms with Gasteiger partial charge in [0.05, 0.1) is 10.7 Å². The lowest BCUT2D eigenvalue weighted by Gasteiger charge is -2.01. The monoisotopic (exact) mass is 280 g/mol. The molecular formula is C10H5Cl2F3N2. The lowest BCUT2D eigenvalue weighted by molar-refractivity contribution is -0.141. The molecule has 0 saturated heterocycles. The predicted molar refractivity (Wildman–Crippen MR) is 59.0 cm³/mol. The van der Waals surface area contributed by atoms with Gasteiger partial charge in [-0.1, -0.05) is 23.2 Å². The molecule has 0 bridgehead atoms. The first-order chi connectivity index (χ1) is 7.88. The van der Waals surface area contributed by atoms with Crippen LogP contribution in [0.3, 0.4) is 0 Å². The number of H-pyrrole nitrogens is 1. The molecule has 0 aliphatic rings. The van der Waals surface area contributed by atoms with Crippen LogP contribution in [0.1, 0.15) is 5.69 Å². The molecule has 0 fully saturated rings. The highest BCUT2D eigenvalue weighted by Gasteiger charge is 2.33. The molecule has 0 saturated carbocycles. The zero-order valence-electron chi connectivity index (χ0n) is 8.15. The van der Waals surface area contributed by atoms with E-state index in [9.17, 15) is 13.2 Å². The van der Waals surface area contributed by atoms with Gasteiger partial charge in [0, 0.05) is 10.6 Å². The third kappa shape index (κ3) is 2.56. The highest BCUT2D eigenvalue weighted by molar-refractivity contribution is 6.36. The first kappa shape index (κ1) is 12.3. The summed E-state index contributed by atoms with van der Waals surface area (Å²) in [5.41, 5.74) is -0.402. The number of rotatable bonds is 1. The number of aromatic nitrogens is 2. The summed E-state index contributed by atoms with van der Waals surface area (Å²) >= 11 is 11.6. The molecule has 90 valence electrons. The summed E-state index contributed by atoms with van der Waals surface area (Å²) in [5, 5.41) is 6.15. The molecule has 1 heterocycles. The fourth-order valence-corrected chi connectivity index (χ4v) is 1.81. The van der Waals surface area contributed by atoms with Gasteiger partial charge in [0.2, 0.25) is 0 Å². The van der Waals surface area contributed by atoms with E-state index in [1.165, 1.54) is 18.2 Å². The van der Waals surface area contributed by atoms with Crippen molar-refractivity contribution in [2.24, 2.45) is 0 Å². The number of nitrogens with zero attached hydrogens (tertiary/aromatic N) is 1. The van der Waals surface area contributed by atoms with Gasteiger partial charge in [0.15, 0.2) is 0 Å². The Morgan fingerprint density at radius 2 is 1.82 bits per heavy atom. The van der Waals surface area contributed by atoms with Gasteiger partial charge < -0.3 is 0 Å². The Hall–Kier alpha value is -1.20. The molecule has 7 heteroatoms. The van der Waals surface area contributed by atoms with Crippen LogP contribution in [0, 0.1) is 0 Å². The topological polar surface area (TPSA) is 28.7 Å². The van der Waals surface area contributed by atoms with Gasteiger partial charge in [-0.2, -0.15) is 18.3 Å². The van der Waals surface area contributed by atoms with E-state index in [1.807, 2.05) is 5.10 Å². The maximum Gasteiger partial charge on any atom is 0.432 e. The van der Waals surface area contributed by atoms with Crippen LogP contribution in [0.5, 0.6) is 0 Å². The van der Waals surface area contributed by atoms with Crippen LogP contribution in [0.2, 0.25) is 10.0 Å². The van der Waals surface area contributed by atoms with Gasteiger partial charge in [0.1, 0.15) is 5.69 Å². The van der Waals surface area contributed by atoms with Crippen LogP contribution < -0.4 is 0 Å². The lowest BCUT2D eigenvalue weighted by Crippen LogP contribution is -2.04. The number of alkyl halides is 3. The van der Waals surface area contributed by atoms with E-state index in [2.05, 4.69) is 5.10 Å². The fourth-order valence-electron chi connectivity index (χ4n) is 1.30. The van der Waals surface area contributed by atoms with Crippen molar-refractivity contribution in [1.82, 2.24) is 10.2 Å². The number of hydrogen-bond donors (Lipinski definition) is 1. The van der Waals surface area contributed by atoms with Crippen molar-refractivity contribution in [2.75, 3.05) is 0 Å². The highest BCUT2D eigenvalue weighted by atomic mass is 35.5. The molecule has 0 unspecified atom stereocenters. The van der Waals surface area contributed by atoms with Crippen molar-refractivity contribution in [3.8, 4) is 11.3 Å². The average Bonchev–Trinajstić information content (AvgIpc) is 2.65. The Labute approximate surface area is 104 Å². The SMILES string of the molecule is FC(F)(F)c1cc(-c2ccc(Cl)cc2Cl)n[nH]1. The number of benzene rings is 1. The molecule has 2 nitrogen and oxygen atoms in total. The smallest absolute Gasteiger partial charge is 0.273 e. The molecule has 1 N–H and O–H groups in total.